The van der Waals surface area contributed by atoms with E-state index in [1.807, 2.05) is 18.2 Å². The summed E-state index contributed by atoms with van der Waals surface area (Å²) >= 11 is 0. The number of para-hydroxylation sites is 1. The molecule has 1 aromatic rings. The average Bonchev–Trinajstić information content (AvgIpc) is 3.12. The number of nitrogens with zero attached hydrogens (tertiary/aromatic N) is 1. The predicted molar refractivity (Wildman–Crippen MR) is 109 cm³/mol. The van der Waals surface area contributed by atoms with E-state index in [0.717, 1.165) is 18.2 Å². The van der Waals surface area contributed by atoms with Crippen LogP contribution in [0.4, 0.5) is 5.69 Å². The number of hydrogen-bond acceptors (Lipinski definition) is 0. The molecule has 3 saturated carbocycles. The summed E-state index contributed by atoms with van der Waals surface area (Å²) in [5.41, 5.74) is 1.67. The molecule has 0 spiro atoms. The van der Waals surface area contributed by atoms with Gasteiger partial charge >= 0.3 is 26.2 Å². The van der Waals surface area contributed by atoms with Crippen LogP contribution in [-0.4, -0.2) is 6.54 Å². The molecule has 0 saturated heterocycles. The van der Waals surface area contributed by atoms with Crippen molar-refractivity contribution in [2.45, 2.75) is 84.5 Å². The van der Waals surface area contributed by atoms with Crippen LogP contribution < -0.4 is 0 Å². The first kappa shape index (κ1) is 24.9. The van der Waals surface area contributed by atoms with Gasteiger partial charge in [0.15, 0.2) is 0 Å². The zero-order valence-electron chi connectivity index (χ0n) is 16.9. The van der Waals surface area contributed by atoms with Crippen molar-refractivity contribution in [3.8, 4) is 0 Å². The minimum absolute atomic E-state index is 0. The topological polar surface area (TPSA) is 14.1 Å². The van der Waals surface area contributed by atoms with Gasteiger partial charge in [-0.05, 0) is 11.8 Å². The van der Waals surface area contributed by atoms with E-state index < -0.39 is 0 Å². The standard InChI is InChI=1S/C12H16N.2C5H10.CH3.Zr/c1-12(2)8-10(12)9-13-11-6-4-3-5-7-11;2*1-2-4-5-3-1;;/h3-7,10H,8-9H2,1-2H3;2*1-5H2;1H3;/q-1;;;-1;+4. The fraction of sp³-hybridized carbons (Fsp3) is 0.696. The van der Waals surface area contributed by atoms with Gasteiger partial charge in [0, 0.05) is 0 Å². The van der Waals surface area contributed by atoms with Crippen LogP contribution in [0.2, 0.25) is 0 Å². The molecule has 3 aliphatic rings. The maximum atomic E-state index is 4.56. The van der Waals surface area contributed by atoms with Gasteiger partial charge < -0.3 is 12.7 Å². The van der Waals surface area contributed by atoms with Gasteiger partial charge in [-0.1, -0.05) is 114 Å². The SMILES string of the molecule is C1CCCC1.C1CCCC1.CC1(C)CC1C[N-]c1ccccc1.[CH3-].[Zr+4]. The summed E-state index contributed by atoms with van der Waals surface area (Å²) in [6.45, 7) is 5.63. The molecule has 0 bridgehead atoms. The van der Waals surface area contributed by atoms with E-state index >= 15 is 0 Å². The molecule has 2 heteroatoms. The first-order valence-corrected chi connectivity index (χ1v) is 9.91. The molecule has 25 heavy (non-hydrogen) atoms. The van der Waals surface area contributed by atoms with Crippen LogP contribution in [0.1, 0.15) is 84.5 Å². The van der Waals surface area contributed by atoms with Crippen molar-refractivity contribution >= 4 is 5.69 Å². The van der Waals surface area contributed by atoms with Crippen LogP contribution in [0.25, 0.3) is 5.32 Å². The maximum absolute atomic E-state index is 4.56. The Kier molecular flexibility index (Phi) is 14.0. The van der Waals surface area contributed by atoms with Gasteiger partial charge in [-0.3, -0.25) is 0 Å². The number of benzene rings is 1. The molecule has 0 amide bonds. The van der Waals surface area contributed by atoms with Crippen molar-refractivity contribution in [1.82, 2.24) is 0 Å². The summed E-state index contributed by atoms with van der Waals surface area (Å²) < 4.78 is 0. The van der Waals surface area contributed by atoms with Gasteiger partial charge in [-0.15, -0.1) is 12.2 Å². The Morgan fingerprint density at radius 3 is 1.48 bits per heavy atom. The summed E-state index contributed by atoms with van der Waals surface area (Å²) in [7, 11) is 0. The van der Waals surface area contributed by atoms with Crippen LogP contribution in [0, 0.1) is 18.8 Å². The molecule has 0 aromatic heterocycles. The van der Waals surface area contributed by atoms with Gasteiger partial charge in [-0.25, -0.2) is 0 Å². The number of rotatable bonds is 3. The Labute approximate surface area is 176 Å². The summed E-state index contributed by atoms with van der Waals surface area (Å²) in [6, 6.07) is 10.2. The second kappa shape index (κ2) is 14.0. The molecule has 3 aliphatic carbocycles. The van der Waals surface area contributed by atoms with Crippen LogP contribution in [0.15, 0.2) is 30.3 Å². The largest absolute Gasteiger partial charge is 4.00 e. The molecular weight excluding hydrogens is 381 g/mol. The molecule has 0 heterocycles. The Morgan fingerprint density at radius 2 is 1.16 bits per heavy atom. The van der Waals surface area contributed by atoms with Crippen molar-refractivity contribution in [3.05, 3.63) is 43.1 Å². The monoisotopic (exact) mass is 419 g/mol. The van der Waals surface area contributed by atoms with Crippen molar-refractivity contribution in [1.29, 1.82) is 0 Å². The average molecular weight is 421 g/mol. The minimum Gasteiger partial charge on any atom is -0.684 e. The van der Waals surface area contributed by atoms with E-state index in [9.17, 15) is 0 Å². The fourth-order valence-electron chi connectivity index (χ4n) is 3.40. The maximum Gasteiger partial charge on any atom is 4.00 e. The van der Waals surface area contributed by atoms with Crippen LogP contribution in [-0.2, 0) is 26.2 Å². The van der Waals surface area contributed by atoms with E-state index in [-0.39, 0.29) is 33.6 Å². The van der Waals surface area contributed by atoms with Gasteiger partial charge in [0.25, 0.3) is 0 Å². The van der Waals surface area contributed by atoms with Crippen molar-refractivity contribution in [3.63, 3.8) is 0 Å². The molecule has 1 atom stereocenters. The Morgan fingerprint density at radius 1 is 0.800 bits per heavy atom. The zero-order valence-corrected chi connectivity index (χ0v) is 19.4. The van der Waals surface area contributed by atoms with Crippen LogP contribution >= 0.6 is 0 Å². The van der Waals surface area contributed by atoms with Gasteiger partial charge in [0.05, 0.1) is 0 Å². The Hall–Kier alpha value is -0.0969. The summed E-state index contributed by atoms with van der Waals surface area (Å²) in [5.74, 6) is 0.813. The molecule has 0 aliphatic heterocycles. The molecular formula is C23H39NZr+2. The quantitative estimate of drug-likeness (QED) is 0.439. The van der Waals surface area contributed by atoms with Crippen LogP contribution in [0.5, 0.6) is 0 Å². The minimum atomic E-state index is 0. The Balaban J connectivity index is 0.000000400. The van der Waals surface area contributed by atoms with E-state index in [0.29, 0.717) is 5.41 Å². The van der Waals surface area contributed by atoms with Crippen molar-refractivity contribution < 1.29 is 26.2 Å². The molecule has 1 aromatic carbocycles. The molecule has 1 unspecified atom stereocenters. The first-order valence-electron chi connectivity index (χ1n) is 9.91. The zero-order chi connectivity index (χ0) is 16.4. The Bertz CT molecular complexity index is 382. The third kappa shape index (κ3) is 11.3. The molecule has 0 radical (unpaired) electrons. The van der Waals surface area contributed by atoms with Crippen LogP contribution in [0.3, 0.4) is 0 Å². The smallest absolute Gasteiger partial charge is 0.684 e. The first-order chi connectivity index (χ1) is 11.2. The molecule has 0 N–H and O–H groups in total. The van der Waals surface area contributed by atoms with Gasteiger partial charge in [0.2, 0.25) is 0 Å². The van der Waals surface area contributed by atoms with E-state index in [1.165, 1.54) is 70.6 Å². The third-order valence-corrected chi connectivity index (χ3v) is 5.47. The molecule has 138 valence electrons. The summed E-state index contributed by atoms with van der Waals surface area (Å²) in [6.07, 6.45) is 16.3. The molecule has 4 rings (SSSR count). The van der Waals surface area contributed by atoms with E-state index in [1.54, 1.807) is 0 Å². The van der Waals surface area contributed by atoms with Crippen molar-refractivity contribution in [2.75, 3.05) is 6.54 Å². The van der Waals surface area contributed by atoms with E-state index in [4.69, 9.17) is 0 Å². The van der Waals surface area contributed by atoms with Gasteiger partial charge in [-0.2, -0.15) is 0 Å². The number of hydrogen-bond donors (Lipinski definition) is 0. The third-order valence-electron chi connectivity index (χ3n) is 5.47. The van der Waals surface area contributed by atoms with E-state index in [2.05, 4.69) is 31.3 Å². The normalized spacial score (nSPS) is 22.1. The molecule has 3 fully saturated rings. The predicted octanol–water partition coefficient (Wildman–Crippen LogP) is 8.09. The second-order valence-electron chi connectivity index (χ2n) is 8.10. The molecule has 1 nitrogen and oxygen atoms in total. The van der Waals surface area contributed by atoms with Crippen molar-refractivity contribution in [2.24, 2.45) is 11.3 Å². The summed E-state index contributed by atoms with van der Waals surface area (Å²) in [4.78, 5) is 0. The summed E-state index contributed by atoms with van der Waals surface area (Å²) in [5, 5.41) is 4.56. The van der Waals surface area contributed by atoms with Gasteiger partial charge in [0.1, 0.15) is 0 Å². The fourth-order valence-corrected chi connectivity index (χ4v) is 3.40. The second-order valence-corrected chi connectivity index (χ2v) is 8.10.